The fourth-order valence-electron chi connectivity index (χ4n) is 2.31. The molecule has 138 valence electrons. The summed E-state index contributed by atoms with van der Waals surface area (Å²) in [6, 6.07) is 8.16. The molecule has 0 amide bonds. The molecule has 0 aliphatic heterocycles. The third kappa shape index (κ3) is 7.15. The number of hydrogen-bond donors (Lipinski definition) is 4. The SMILES string of the molecule is CCC(C)c1ccc(OC(C)OCCNC(O)(CNC)NC)cc1. The fourth-order valence-corrected chi connectivity index (χ4v) is 2.31. The van der Waals surface area contributed by atoms with Crippen molar-refractivity contribution in [2.45, 2.75) is 45.2 Å². The van der Waals surface area contributed by atoms with Gasteiger partial charge in [0.2, 0.25) is 0 Å². The maximum atomic E-state index is 10.1. The summed E-state index contributed by atoms with van der Waals surface area (Å²) in [7, 11) is 3.48. The Morgan fingerprint density at radius 3 is 2.38 bits per heavy atom. The second kappa shape index (κ2) is 10.6. The van der Waals surface area contributed by atoms with Gasteiger partial charge >= 0.3 is 0 Å². The maximum absolute atomic E-state index is 10.1. The zero-order valence-electron chi connectivity index (χ0n) is 15.6. The van der Waals surface area contributed by atoms with Crippen molar-refractivity contribution in [3.63, 3.8) is 0 Å². The van der Waals surface area contributed by atoms with E-state index in [9.17, 15) is 5.11 Å². The van der Waals surface area contributed by atoms with Crippen molar-refractivity contribution in [3.8, 4) is 5.75 Å². The van der Waals surface area contributed by atoms with Gasteiger partial charge in [0.15, 0.2) is 12.1 Å². The van der Waals surface area contributed by atoms with Crippen LogP contribution in [0.3, 0.4) is 0 Å². The molecule has 3 atom stereocenters. The molecule has 6 nitrogen and oxygen atoms in total. The normalized spacial score (nSPS) is 16.4. The van der Waals surface area contributed by atoms with E-state index < -0.39 is 5.85 Å². The van der Waals surface area contributed by atoms with Crippen LogP contribution in [0, 0.1) is 0 Å². The van der Waals surface area contributed by atoms with Gasteiger partial charge in [0.1, 0.15) is 5.75 Å². The minimum Gasteiger partial charge on any atom is -0.465 e. The van der Waals surface area contributed by atoms with Crippen LogP contribution in [0.4, 0.5) is 0 Å². The Labute approximate surface area is 145 Å². The molecule has 0 saturated carbocycles. The molecule has 0 spiro atoms. The van der Waals surface area contributed by atoms with Crippen molar-refractivity contribution < 1.29 is 14.6 Å². The first kappa shape index (κ1) is 20.9. The number of aliphatic hydroxyl groups is 1. The Kier molecular flexibility index (Phi) is 9.25. The van der Waals surface area contributed by atoms with E-state index in [-0.39, 0.29) is 6.29 Å². The van der Waals surface area contributed by atoms with Crippen LogP contribution in [0.15, 0.2) is 24.3 Å². The van der Waals surface area contributed by atoms with E-state index in [0.29, 0.717) is 25.6 Å². The largest absolute Gasteiger partial charge is 0.465 e. The molecule has 0 radical (unpaired) electrons. The van der Waals surface area contributed by atoms with Crippen LogP contribution in [0.1, 0.15) is 38.7 Å². The molecule has 24 heavy (non-hydrogen) atoms. The van der Waals surface area contributed by atoms with E-state index in [1.165, 1.54) is 5.56 Å². The zero-order valence-corrected chi connectivity index (χ0v) is 15.6. The van der Waals surface area contributed by atoms with E-state index in [4.69, 9.17) is 9.47 Å². The van der Waals surface area contributed by atoms with Gasteiger partial charge in [0.25, 0.3) is 0 Å². The summed E-state index contributed by atoms with van der Waals surface area (Å²) >= 11 is 0. The van der Waals surface area contributed by atoms with Crippen molar-refractivity contribution in [1.29, 1.82) is 0 Å². The minimum atomic E-state index is -1.14. The van der Waals surface area contributed by atoms with Gasteiger partial charge in [0, 0.05) is 6.54 Å². The van der Waals surface area contributed by atoms with Crippen LogP contribution in [-0.4, -0.2) is 51.0 Å². The molecule has 0 fully saturated rings. The number of hydrogen-bond acceptors (Lipinski definition) is 6. The van der Waals surface area contributed by atoms with Crippen LogP contribution in [0.2, 0.25) is 0 Å². The summed E-state index contributed by atoms with van der Waals surface area (Å²) < 4.78 is 11.4. The van der Waals surface area contributed by atoms with Gasteiger partial charge in [0.05, 0.1) is 13.2 Å². The highest BCUT2D eigenvalue weighted by molar-refractivity contribution is 5.29. The quantitative estimate of drug-likeness (QED) is 0.342. The summed E-state index contributed by atoms with van der Waals surface area (Å²) in [5, 5.41) is 18.9. The van der Waals surface area contributed by atoms with Gasteiger partial charge in [-0.3, -0.25) is 10.6 Å². The lowest BCUT2D eigenvalue weighted by molar-refractivity contribution is -0.0764. The maximum Gasteiger partial charge on any atom is 0.197 e. The minimum absolute atomic E-state index is 0.353. The number of benzene rings is 1. The van der Waals surface area contributed by atoms with Gasteiger partial charge in [-0.05, 0) is 51.1 Å². The average Bonchev–Trinajstić information content (AvgIpc) is 2.59. The van der Waals surface area contributed by atoms with Crippen molar-refractivity contribution in [3.05, 3.63) is 29.8 Å². The molecule has 1 aromatic rings. The molecule has 6 heteroatoms. The second-order valence-electron chi connectivity index (χ2n) is 6.00. The van der Waals surface area contributed by atoms with Crippen LogP contribution in [-0.2, 0) is 4.74 Å². The Balaban J connectivity index is 2.32. The van der Waals surface area contributed by atoms with Crippen LogP contribution in [0.5, 0.6) is 5.75 Å². The summed E-state index contributed by atoms with van der Waals surface area (Å²) in [5.41, 5.74) is 1.32. The molecule has 0 bridgehead atoms. The third-order valence-corrected chi connectivity index (χ3v) is 4.08. The fraction of sp³-hybridized carbons (Fsp3) is 0.667. The van der Waals surface area contributed by atoms with E-state index in [0.717, 1.165) is 12.2 Å². The molecule has 0 aliphatic carbocycles. The first-order valence-corrected chi connectivity index (χ1v) is 8.63. The molecular formula is C18H33N3O3. The number of nitrogens with one attached hydrogen (secondary N) is 3. The van der Waals surface area contributed by atoms with Gasteiger partial charge in [-0.25, -0.2) is 0 Å². The first-order valence-electron chi connectivity index (χ1n) is 8.63. The highest BCUT2D eigenvalue weighted by Crippen LogP contribution is 2.22. The predicted octanol–water partition coefficient (Wildman–Crippen LogP) is 1.62. The van der Waals surface area contributed by atoms with E-state index >= 15 is 0 Å². The molecule has 0 heterocycles. The summed E-state index contributed by atoms with van der Waals surface area (Å²) in [6.45, 7) is 7.58. The van der Waals surface area contributed by atoms with E-state index in [1.807, 2.05) is 19.1 Å². The van der Waals surface area contributed by atoms with Crippen molar-refractivity contribution in [2.75, 3.05) is 33.8 Å². The van der Waals surface area contributed by atoms with Crippen molar-refractivity contribution in [2.24, 2.45) is 0 Å². The van der Waals surface area contributed by atoms with Crippen molar-refractivity contribution >= 4 is 0 Å². The molecular weight excluding hydrogens is 306 g/mol. The standard InChI is InChI=1S/C18H33N3O3/c1-6-14(2)16-7-9-17(10-8-16)24-15(3)23-12-11-21-18(22,20-5)13-19-4/h7-10,14-15,19-22H,6,11-13H2,1-5H3. The Morgan fingerprint density at radius 1 is 1.17 bits per heavy atom. The monoisotopic (exact) mass is 339 g/mol. The number of likely N-dealkylation sites (N-methyl/N-ethyl adjacent to an activating group) is 2. The first-order chi connectivity index (χ1) is 11.4. The van der Waals surface area contributed by atoms with Crippen LogP contribution < -0.4 is 20.7 Å². The lowest BCUT2D eigenvalue weighted by atomic mass is 9.99. The second-order valence-corrected chi connectivity index (χ2v) is 6.00. The highest BCUT2D eigenvalue weighted by Gasteiger charge is 2.22. The smallest absolute Gasteiger partial charge is 0.197 e. The van der Waals surface area contributed by atoms with E-state index in [2.05, 4.69) is 41.9 Å². The van der Waals surface area contributed by atoms with Gasteiger partial charge in [-0.15, -0.1) is 0 Å². The van der Waals surface area contributed by atoms with Crippen LogP contribution in [0.25, 0.3) is 0 Å². The average molecular weight is 339 g/mol. The van der Waals surface area contributed by atoms with Gasteiger partial charge < -0.3 is 19.9 Å². The summed E-state index contributed by atoms with van der Waals surface area (Å²) in [6.07, 6.45) is 0.771. The molecule has 0 saturated heterocycles. The molecule has 1 aromatic carbocycles. The molecule has 3 unspecified atom stereocenters. The highest BCUT2D eigenvalue weighted by atomic mass is 16.7. The van der Waals surface area contributed by atoms with Gasteiger partial charge in [-0.1, -0.05) is 26.0 Å². The lowest BCUT2D eigenvalue weighted by Crippen LogP contribution is -2.61. The lowest BCUT2D eigenvalue weighted by Gasteiger charge is -2.28. The summed E-state index contributed by atoms with van der Waals surface area (Å²) in [5.74, 6) is 0.209. The predicted molar refractivity (Wildman–Crippen MR) is 97.1 cm³/mol. The summed E-state index contributed by atoms with van der Waals surface area (Å²) in [4.78, 5) is 0. The molecule has 4 N–H and O–H groups in total. The van der Waals surface area contributed by atoms with Gasteiger partial charge in [-0.2, -0.15) is 0 Å². The van der Waals surface area contributed by atoms with Crippen molar-refractivity contribution in [1.82, 2.24) is 16.0 Å². The number of ether oxygens (including phenoxy) is 2. The number of rotatable bonds is 12. The topological polar surface area (TPSA) is 74.8 Å². The Hall–Kier alpha value is -1.18. The molecule has 0 aromatic heterocycles. The Bertz CT molecular complexity index is 455. The van der Waals surface area contributed by atoms with Crippen LogP contribution >= 0.6 is 0 Å². The molecule has 1 rings (SSSR count). The zero-order chi connectivity index (χ0) is 18.0. The Morgan fingerprint density at radius 2 is 1.83 bits per heavy atom. The van der Waals surface area contributed by atoms with E-state index in [1.54, 1.807) is 14.1 Å². The third-order valence-electron chi connectivity index (χ3n) is 4.08. The molecule has 0 aliphatic rings.